The second kappa shape index (κ2) is 5.31. The minimum atomic E-state index is -0.390. The molecule has 0 spiro atoms. The van der Waals surface area contributed by atoms with E-state index >= 15 is 0 Å². The molecule has 0 unspecified atom stereocenters. The molecule has 0 bridgehead atoms. The number of rotatable bonds is 5. The number of benzene rings is 1. The van der Waals surface area contributed by atoms with E-state index in [0.29, 0.717) is 24.2 Å². The lowest BCUT2D eigenvalue weighted by atomic mass is 10.1. The first kappa shape index (κ1) is 11.5. The Kier molecular flexibility index (Phi) is 4.05. The number of anilines is 1. The largest absolute Gasteiger partial charge is 0.395 e. The van der Waals surface area contributed by atoms with E-state index in [1.54, 1.807) is 18.2 Å². The van der Waals surface area contributed by atoms with Crippen molar-refractivity contribution in [2.24, 2.45) is 0 Å². The lowest BCUT2D eigenvalue weighted by molar-refractivity contribution is -0.384. The van der Waals surface area contributed by atoms with Crippen LogP contribution in [-0.4, -0.2) is 23.2 Å². The third kappa shape index (κ3) is 2.66. The fraction of sp³-hybridized carbons (Fsp3) is 0.400. The summed E-state index contributed by atoms with van der Waals surface area (Å²) in [6, 6.07) is 5.15. The summed E-state index contributed by atoms with van der Waals surface area (Å²) in [4.78, 5) is 10.5. The molecule has 0 amide bonds. The van der Waals surface area contributed by atoms with Crippen LogP contribution in [0.5, 0.6) is 0 Å². The standard InChI is InChI=1S/C10H14N2O3/c1-2-8-4-3-5-9(11-6-7-13)10(8)12(14)15/h3-5,11,13H,2,6-7H2,1H3. The predicted octanol–water partition coefficient (Wildman–Crippen LogP) is 1.56. The molecule has 0 saturated carbocycles. The monoisotopic (exact) mass is 210 g/mol. The van der Waals surface area contributed by atoms with E-state index in [0.717, 1.165) is 0 Å². The summed E-state index contributed by atoms with van der Waals surface area (Å²) in [5.74, 6) is 0. The zero-order valence-electron chi connectivity index (χ0n) is 8.56. The van der Waals surface area contributed by atoms with Crippen LogP contribution in [0.25, 0.3) is 0 Å². The highest BCUT2D eigenvalue weighted by Gasteiger charge is 2.17. The number of nitro groups is 1. The summed E-state index contributed by atoms with van der Waals surface area (Å²) >= 11 is 0. The van der Waals surface area contributed by atoms with Crippen molar-refractivity contribution in [2.75, 3.05) is 18.5 Å². The maximum Gasteiger partial charge on any atom is 0.295 e. The van der Waals surface area contributed by atoms with Gasteiger partial charge in [-0.2, -0.15) is 0 Å². The van der Waals surface area contributed by atoms with Crippen LogP contribution in [0.3, 0.4) is 0 Å². The second-order valence-electron chi connectivity index (χ2n) is 3.07. The maximum atomic E-state index is 10.9. The van der Waals surface area contributed by atoms with Gasteiger partial charge in [-0.05, 0) is 12.5 Å². The highest BCUT2D eigenvalue weighted by atomic mass is 16.6. The fourth-order valence-electron chi connectivity index (χ4n) is 1.43. The molecule has 0 radical (unpaired) electrons. The second-order valence-corrected chi connectivity index (χ2v) is 3.07. The highest BCUT2D eigenvalue weighted by molar-refractivity contribution is 5.65. The number of nitrogens with zero attached hydrogens (tertiary/aromatic N) is 1. The van der Waals surface area contributed by atoms with Crippen molar-refractivity contribution in [3.8, 4) is 0 Å². The molecule has 0 heterocycles. The zero-order chi connectivity index (χ0) is 11.3. The maximum absolute atomic E-state index is 10.9. The Morgan fingerprint density at radius 3 is 2.80 bits per heavy atom. The van der Waals surface area contributed by atoms with Crippen molar-refractivity contribution in [1.82, 2.24) is 0 Å². The van der Waals surface area contributed by atoms with Gasteiger partial charge in [0.2, 0.25) is 0 Å². The summed E-state index contributed by atoms with van der Waals surface area (Å²) in [6.45, 7) is 2.14. The van der Waals surface area contributed by atoms with E-state index in [1.807, 2.05) is 6.92 Å². The Morgan fingerprint density at radius 2 is 2.27 bits per heavy atom. The molecular formula is C10H14N2O3. The molecule has 0 fully saturated rings. The quantitative estimate of drug-likeness (QED) is 0.571. The Hall–Kier alpha value is -1.62. The molecule has 0 aliphatic heterocycles. The first-order valence-electron chi connectivity index (χ1n) is 4.81. The lowest BCUT2D eigenvalue weighted by Gasteiger charge is -2.07. The van der Waals surface area contributed by atoms with Crippen LogP contribution in [-0.2, 0) is 6.42 Å². The van der Waals surface area contributed by atoms with E-state index in [2.05, 4.69) is 5.32 Å². The Bertz CT molecular complexity index is 353. The topological polar surface area (TPSA) is 75.4 Å². The van der Waals surface area contributed by atoms with E-state index in [4.69, 9.17) is 5.11 Å². The molecule has 2 N–H and O–H groups in total. The van der Waals surface area contributed by atoms with Gasteiger partial charge in [0.25, 0.3) is 5.69 Å². The minimum absolute atomic E-state index is 0.0481. The fourth-order valence-corrected chi connectivity index (χ4v) is 1.43. The molecule has 1 aromatic carbocycles. The molecule has 5 nitrogen and oxygen atoms in total. The van der Waals surface area contributed by atoms with Crippen molar-refractivity contribution < 1.29 is 10.0 Å². The third-order valence-electron chi connectivity index (χ3n) is 2.11. The van der Waals surface area contributed by atoms with E-state index in [9.17, 15) is 10.1 Å². The van der Waals surface area contributed by atoms with Gasteiger partial charge in [-0.15, -0.1) is 0 Å². The molecule has 0 aromatic heterocycles. The normalized spacial score (nSPS) is 10.0. The average Bonchev–Trinajstić information content (AvgIpc) is 2.25. The molecule has 0 aliphatic carbocycles. The number of aliphatic hydroxyl groups is 1. The predicted molar refractivity (Wildman–Crippen MR) is 58.0 cm³/mol. The number of nitro benzene ring substituents is 1. The molecule has 1 rings (SSSR count). The van der Waals surface area contributed by atoms with Crippen molar-refractivity contribution in [1.29, 1.82) is 0 Å². The number of hydrogen-bond donors (Lipinski definition) is 2. The Labute approximate surface area is 87.9 Å². The minimum Gasteiger partial charge on any atom is -0.395 e. The van der Waals surface area contributed by atoms with Crippen LogP contribution < -0.4 is 5.32 Å². The van der Waals surface area contributed by atoms with E-state index < -0.39 is 4.92 Å². The van der Waals surface area contributed by atoms with Crippen molar-refractivity contribution in [2.45, 2.75) is 13.3 Å². The summed E-state index contributed by atoms with van der Waals surface area (Å²) in [5, 5.41) is 22.3. The summed E-state index contributed by atoms with van der Waals surface area (Å²) < 4.78 is 0. The molecular weight excluding hydrogens is 196 g/mol. The highest BCUT2D eigenvalue weighted by Crippen LogP contribution is 2.28. The number of nitrogens with one attached hydrogen (secondary N) is 1. The van der Waals surface area contributed by atoms with Crippen LogP contribution in [0.2, 0.25) is 0 Å². The van der Waals surface area contributed by atoms with Gasteiger partial charge in [-0.25, -0.2) is 0 Å². The number of aliphatic hydroxyl groups excluding tert-OH is 1. The van der Waals surface area contributed by atoms with Crippen LogP contribution in [0.15, 0.2) is 18.2 Å². The van der Waals surface area contributed by atoms with Gasteiger partial charge in [-0.3, -0.25) is 10.1 Å². The summed E-state index contributed by atoms with van der Waals surface area (Å²) in [5.41, 5.74) is 1.27. The molecule has 1 aromatic rings. The van der Waals surface area contributed by atoms with Crippen molar-refractivity contribution in [3.63, 3.8) is 0 Å². The molecule has 15 heavy (non-hydrogen) atoms. The van der Waals surface area contributed by atoms with Gasteiger partial charge < -0.3 is 10.4 Å². The van der Waals surface area contributed by atoms with Gasteiger partial charge in [0, 0.05) is 12.1 Å². The smallest absolute Gasteiger partial charge is 0.295 e. The van der Waals surface area contributed by atoms with Gasteiger partial charge in [0.05, 0.1) is 11.5 Å². The third-order valence-corrected chi connectivity index (χ3v) is 2.11. The van der Waals surface area contributed by atoms with Crippen LogP contribution in [0, 0.1) is 10.1 Å². The van der Waals surface area contributed by atoms with Crippen LogP contribution in [0.1, 0.15) is 12.5 Å². The van der Waals surface area contributed by atoms with Gasteiger partial charge in [-0.1, -0.05) is 19.1 Å². The number of aryl methyl sites for hydroxylation is 1. The van der Waals surface area contributed by atoms with Gasteiger partial charge in [0.1, 0.15) is 5.69 Å². The van der Waals surface area contributed by atoms with E-state index in [-0.39, 0.29) is 12.3 Å². The summed E-state index contributed by atoms with van der Waals surface area (Å²) in [6.07, 6.45) is 0.616. The Morgan fingerprint density at radius 1 is 1.53 bits per heavy atom. The number of para-hydroxylation sites is 1. The Balaban J connectivity index is 3.07. The zero-order valence-corrected chi connectivity index (χ0v) is 8.56. The summed E-state index contributed by atoms with van der Waals surface area (Å²) in [7, 11) is 0. The molecule has 5 heteroatoms. The first-order valence-corrected chi connectivity index (χ1v) is 4.81. The number of hydrogen-bond acceptors (Lipinski definition) is 4. The SMILES string of the molecule is CCc1cccc(NCCO)c1[N+](=O)[O-]. The van der Waals surface area contributed by atoms with Crippen LogP contribution >= 0.6 is 0 Å². The molecule has 0 aliphatic rings. The molecule has 0 saturated heterocycles. The van der Waals surface area contributed by atoms with Crippen molar-refractivity contribution >= 4 is 11.4 Å². The molecule has 82 valence electrons. The average molecular weight is 210 g/mol. The van der Waals surface area contributed by atoms with Crippen molar-refractivity contribution in [3.05, 3.63) is 33.9 Å². The molecule has 0 atom stereocenters. The van der Waals surface area contributed by atoms with Gasteiger partial charge >= 0.3 is 0 Å². The van der Waals surface area contributed by atoms with Gasteiger partial charge in [0.15, 0.2) is 0 Å². The first-order chi connectivity index (χ1) is 7.20. The lowest BCUT2D eigenvalue weighted by Crippen LogP contribution is -2.08. The van der Waals surface area contributed by atoms with E-state index in [1.165, 1.54) is 0 Å². The van der Waals surface area contributed by atoms with Crippen LogP contribution in [0.4, 0.5) is 11.4 Å².